The highest BCUT2D eigenvalue weighted by atomic mass is 35.5. The number of halogens is 2. The number of aromatic nitrogens is 4. The third kappa shape index (κ3) is 5.89. The summed E-state index contributed by atoms with van der Waals surface area (Å²) < 4.78 is 7.86. The quantitative estimate of drug-likeness (QED) is 0.292. The standard InChI is InChI=1S/C22H22ClN5OS.ClH/c1-28-22(25-26-27-28)30-13-12-24-14-19-18-8-4-2-6-16(18)10-11-21(19)29-15-17-7-3-5-9-20(17)23;/h2-11,24H,12-15H2,1H3;1H/p-1. The Bertz CT molecular complexity index is 1140. The average molecular weight is 475 g/mol. The van der Waals surface area contributed by atoms with Crippen molar-refractivity contribution in [1.29, 1.82) is 0 Å². The molecular weight excluding hydrogens is 453 g/mol. The van der Waals surface area contributed by atoms with Crippen molar-refractivity contribution in [3.63, 3.8) is 0 Å². The molecule has 0 saturated carbocycles. The van der Waals surface area contributed by atoms with Gasteiger partial charge in [0, 0.05) is 42.0 Å². The maximum Gasteiger partial charge on any atom is 0.209 e. The maximum absolute atomic E-state index is 6.29. The van der Waals surface area contributed by atoms with E-state index >= 15 is 0 Å². The van der Waals surface area contributed by atoms with Crippen LogP contribution in [0.2, 0.25) is 5.02 Å². The first-order valence-corrected chi connectivity index (χ1v) is 11.0. The highest BCUT2D eigenvalue weighted by Gasteiger charge is 2.10. The number of fused-ring (bicyclic) bond motifs is 1. The number of rotatable bonds is 9. The predicted octanol–water partition coefficient (Wildman–Crippen LogP) is 1.48. The number of hydrogen-bond donors (Lipinski definition) is 1. The van der Waals surface area contributed by atoms with E-state index in [1.807, 2.05) is 37.4 Å². The van der Waals surface area contributed by atoms with E-state index in [1.54, 1.807) is 16.4 Å². The zero-order chi connectivity index (χ0) is 20.8. The lowest BCUT2D eigenvalue weighted by Crippen LogP contribution is -3.00. The van der Waals surface area contributed by atoms with E-state index < -0.39 is 0 Å². The molecular formula is C22H22Cl2N5OS-. The monoisotopic (exact) mass is 474 g/mol. The lowest BCUT2D eigenvalue weighted by molar-refractivity contribution is -0.00000643. The normalized spacial score (nSPS) is 10.8. The summed E-state index contributed by atoms with van der Waals surface area (Å²) in [6.07, 6.45) is 0. The number of ether oxygens (including phenoxy) is 1. The van der Waals surface area contributed by atoms with Gasteiger partial charge in [0.15, 0.2) is 0 Å². The smallest absolute Gasteiger partial charge is 0.209 e. The van der Waals surface area contributed by atoms with Crippen molar-refractivity contribution in [3.05, 3.63) is 76.8 Å². The summed E-state index contributed by atoms with van der Waals surface area (Å²) in [4.78, 5) is 0. The van der Waals surface area contributed by atoms with Gasteiger partial charge in [-0.15, -0.1) is 5.10 Å². The molecule has 0 aliphatic heterocycles. The van der Waals surface area contributed by atoms with Crippen LogP contribution in [-0.2, 0) is 20.2 Å². The Kier molecular flexibility index (Phi) is 8.54. The molecule has 4 rings (SSSR count). The Balaban J connectivity index is 0.00000272. The highest BCUT2D eigenvalue weighted by molar-refractivity contribution is 7.99. The van der Waals surface area contributed by atoms with Crippen LogP contribution in [0.15, 0.2) is 65.8 Å². The van der Waals surface area contributed by atoms with Crippen LogP contribution in [0.3, 0.4) is 0 Å². The summed E-state index contributed by atoms with van der Waals surface area (Å²) in [5.74, 6) is 1.74. The molecule has 4 aromatic rings. The number of hydrogen-bond acceptors (Lipinski definition) is 6. The zero-order valence-corrected chi connectivity index (χ0v) is 19.3. The molecule has 0 aliphatic carbocycles. The van der Waals surface area contributed by atoms with E-state index in [0.29, 0.717) is 18.2 Å². The van der Waals surface area contributed by atoms with Gasteiger partial charge in [-0.3, -0.25) is 0 Å². The molecule has 1 heterocycles. The van der Waals surface area contributed by atoms with Gasteiger partial charge in [-0.1, -0.05) is 71.9 Å². The summed E-state index contributed by atoms with van der Waals surface area (Å²) in [6.45, 7) is 1.96. The topological polar surface area (TPSA) is 64.9 Å². The zero-order valence-electron chi connectivity index (χ0n) is 17.0. The van der Waals surface area contributed by atoms with Gasteiger partial charge in [-0.25, -0.2) is 4.68 Å². The highest BCUT2D eigenvalue weighted by Crippen LogP contribution is 2.29. The average Bonchev–Trinajstić information content (AvgIpc) is 3.18. The maximum atomic E-state index is 6.29. The summed E-state index contributed by atoms with van der Waals surface area (Å²) >= 11 is 7.91. The van der Waals surface area contributed by atoms with Crippen LogP contribution in [-0.4, -0.2) is 32.5 Å². The van der Waals surface area contributed by atoms with Crippen LogP contribution >= 0.6 is 23.4 Å². The van der Waals surface area contributed by atoms with Crippen LogP contribution in [0.5, 0.6) is 5.75 Å². The van der Waals surface area contributed by atoms with Crippen molar-refractivity contribution in [2.45, 2.75) is 18.3 Å². The van der Waals surface area contributed by atoms with E-state index in [-0.39, 0.29) is 12.4 Å². The van der Waals surface area contributed by atoms with Gasteiger partial charge in [0.2, 0.25) is 5.16 Å². The second-order valence-electron chi connectivity index (χ2n) is 6.75. The molecule has 0 bridgehead atoms. The second-order valence-corrected chi connectivity index (χ2v) is 8.22. The first kappa shape index (κ1) is 23.3. The summed E-state index contributed by atoms with van der Waals surface area (Å²) in [5.41, 5.74) is 2.12. The SMILES string of the molecule is Cn1nnnc1SCCNCc1c(OCc2ccccc2Cl)ccc2ccccc12.[Cl-]. The molecule has 0 amide bonds. The van der Waals surface area contributed by atoms with Crippen molar-refractivity contribution in [2.75, 3.05) is 12.3 Å². The Labute approximate surface area is 196 Å². The van der Waals surface area contributed by atoms with Crippen LogP contribution in [0, 0.1) is 0 Å². The second kappa shape index (κ2) is 11.3. The lowest BCUT2D eigenvalue weighted by atomic mass is 10.0. The van der Waals surface area contributed by atoms with Crippen molar-refractivity contribution in [3.8, 4) is 5.75 Å². The molecule has 6 nitrogen and oxygen atoms in total. The van der Waals surface area contributed by atoms with E-state index in [1.165, 1.54) is 10.8 Å². The molecule has 0 aliphatic rings. The van der Waals surface area contributed by atoms with Crippen LogP contribution < -0.4 is 22.5 Å². The molecule has 0 unspecified atom stereocenters. The van der Waals surface area contributed by atoms with Crippen LogP contribution in [0.1, 0.15) is 11.1 Å². The molecule has 1 N–H and O–H groups in total. The van der Waals surface area contributed by atoms with E-state index in [2.05, 4.69) is 51.2 Å². The number of nitrogens with zero attached hydrogens (tertiary/aromatic N) is 4. The first-order chi connectivity index (χ1) is 14.7. The Morgan fingerprint density at radius 1 is 1.06 bits per heavy atom. The molecule has 0 atom stereocenters. The first-order valence-electron chi connectivity index (χ1n) is 9.65. The molecule has 0 saturated heterocycles. The third-order valence-corrected chi connectivity index (χ3v) is 6.11. The molecule has 31 heavy (non-hydrogen) atoms. The van der Waals surface area contributed by atoms with E-state index in [0.717, 1.165) is 34.3 Å². The van der Waals surface area contributed by atoms with E-state index in [4.69, 9.17) is 16.3 Å². The third-order valence-electron chi connectivity index (χ3n) is 4.73. The van der Waals surface area contributed by atoms with Gasteiger partial charge in [-0.2, -0.15) is 0 Å². The van der Waals surface area contributed by atoms with Gasteiger partial charge in [-0.05, 0) is 33.3 Å². The largest absolute Gasteiger partial charge is 1.00 e. The van der Waals surface area contributed by atoms with Gasteiger partial charge in [0.05, 0.1) is 0 Å². The molecule has 0 fully saturated rings. The fourth-order valence-electron chi connectivity index (χ4n) is 3.18. The number of nitrogens with one attached hydrogen (secondary N) is 1. The number of benzene rings is 3. The predicted molar refractivity (Wildman–Crippen MR) is 121 cm³/mol. The molecule has 0 radical (unpaired) electrons. The van der Waals surface area contributed by atoms with Crippen molar-refractivity contribution < 1.29 is 17.1 Å². The summed E-state index contributed by atoms with van der Waals surface area (Å²) in [5, 5.41) is 18.9. The van der Waals surface area contributed by atoms with Crippen LogP contribution in [0.25, 0.3) is 10.8 Å². The Morgan fingerprint density at radius 2 is 1.87 bits per heavy atom. The van der Waals surface area contributed by atoms with Crippen LogP contribution in [0.4, 0.5) is 0 Å². The molecule has 3 aromatic carbocycles. The molecule has 1 aromatic heterocycles. The molecule has 9 heteroatoms. The fourth-order valence-corrected chi connectivity index (χ4v) is 4.11. The number of thioether (sulfide) groups is 1. The van der Waals surface area contributed by atoms with Gasteiger partial charge in [0.1, 0.15) is 12.4 Å². The lowest BCUT2D eigenvalue weighted by Gasteiger charge is -2.15. The van der Waals surface area contributed by atoms with Crippen molar-refractivity contribution in [2.24, 2.45) is 7.05 Å². The summed E-state index contributed by atoms with van der Waals surface area (Å²) in [7, 11) is 1.84. The fraction of sp³-hybridized carbons (Fsp3) is 0.227. The minimum Gasteiger partial charge on any atom is -1.00 e. The molecule has 162 valence electrons. The van der Waals surface area contributed by atoms with Gasteiger partial charge >= 0.3 is 0 Å². The Hall–Kier alpha value is -2.32. The van der Waals surface area contributed by atoms with Gasteiger partial charge in [0.25, 0.3) is 0 Å². The minimum atomic E-state index is 0. The number of aryl methyl sites for hydroxylation is 1. The molecule has 0 spiro atoms. The summed E-state index contributed by atoms with van der Waals surface area (Å²) in [6, 6.07) is 20.3. The van der Waals surface area contributed by atoms with Gasteiger partial charge < -0.3 is 22.5 Å². The van der Waals surface area contributed by atoms with E-state index in [9.17, 15) is 0 Å². The van der Waals surface area contributed by atoms with Crippen molar-refractivity contribution in [1.82, 2.24) is 25.5 Å². The van der Waals surface area contributed by atoms with Crippen molar-refractivity contribution >= 4 is 34.1 Å². The Morgan fingerprint density at radius 3 is 2.68 bits per heavy atom. The number of tetrazole rings is 1. The minimum absolute atomic E-state index is 0.